The van der Waals surface area contributed by atoms with E-state index in [1.165, 1.54) is 10.8 Å². The molecule has 4 heterocycles. The standard InChI is InChI=1S/C39H23N5/c1-2-12-25-23-26(22-21-24(25)11-1)36-29-15-5-7-17-31(29)41-39(42-36)44-33-19-9-6-16-30(33)35-27-13-3-4-14-28(27)37-40-32-18-8-10-20-34(32)43(37)38(35)44/h1-23H. The summed E-state index contributed by atoms with van der Waals surface area (Å²) in [4.78, 5) is 15.8. The molecule has 0 amide bonds. The Morgan fingerprint density at radius 1 is 0.455 bits per heavy atom. The largest absolute Gasteiger partial charge is 0.277 e. The quantitative estimate of drug-likeness (QED) is 0.211. The monoisotopic (exact) mass is 561 g/mol. The van der Waals surface area contributed by atoms with Crippen molar-refractivity contribution in [3.05, 3.63) is 140 Å². The van der Waals surface area contributed by atoms with Crippen LogP contribution in [0.25, 0.3) is 88.3 Å². The van der Waals surface area contributed by atoms with Crippen LogP contribution in [-0.4, -0.2) is 23.9 Å². The van der Waals surface area contributed by atoms with Crippen LogP contribution < -0.4 is 0 Å². The van der Waals surface area contributed by atoms with Crippen LogP contribution in [0.15, 0.2) is 140 Å². The molecule has 0 N–H and O–H groups in total. The molecule has 0 aliphatic carbocycles. The molecule has 0 saturated carbocycles. The predicted molar refractivity (Wildman–Crippen MR) is 181 cm³/mol. The molecule has 44 heavy (non-hydrogen) atoms. The van der Waals surface area contributed by atoms with Crippen LogP contribution in [0.3, 0.4) is 0 Å². The zero-order valence-corrected chi connectivity index (χ0v) is 23.5. The molecule has 0 aliphatic heterocycles. The van der Waals surface area contributed by atoms with Gasteiger partial charge in [-0.15, -0.1) is 0 Å². The zero-order valence-electron chi connectivity index (χ0n) is 23.5. The lowest BCUT2D eigenvalue weighted by Crippen LogP contribution is -2.06. The van der Waals surface area contributed by atoms with Crippen LogP contribution in [0.2, 0.25) is 0 Å². The Kier molecular flexibility index (Phi) is 4.66. The van der Waals surface area contributed by atoms with E-state index in [1.807, 2.05) is 12.1 Å². The number of aromatic nitrogens is 5. The van der Waals surface area contributed by atoms with Gasteiger partial charge in [0.25, 0.3) is 0 Å². The van der Waals surface area contributed by atoms with Crippen LogP contribution in [-0.2, 0) is 0 Å². The van der Waals surface area contributed by atoms with E-state index in [4.69, 9.17) is 15.0 Å². The van der Waals surface area contributed by atoms with E-state index in [1.54, 1.807) is 0 Å². The lowest BCUT2D eigenvalue weighted by Gasteiger charge is -2.13. The van der Waals surface area contributed by atoms with Crippen molar-refractivity contribution in [2.75, 3.05) is 0 Å². The maximum atomic E-state index is 5.39. The number of benzene rings is 6. The molecule has 10 rings (SSSR count). The first-order chi connectivity index (χ1) is 21.8. The maximum absolute atomic E-state index is 5.39. The predicted octanol–water partition coefficient (Wildman–Crippen LogP) is 9.50. The maximum Gasteiger partial charge on any atom is 0.236 e. The summed E-state index contributed by atoms with van der Waals surface area (Å²) in [6.07, 6.45) is 0. The highest BCUT2D eigenvalue weighted by Gasteiger charge is 2.23. The number of hydrogen-bond acceptors (Lipinski definition) is 3. The van der Waals surface area contributed by atoms with Crippen molar-refractivity contribution >= 4 is 71.1 Å². The topological polar surface area (TPSA) is 48.0 Å². The van der Waals surface area contributed by atoms with Gasteiger partial charge in [0.05, 0.1) is 27.8 Å². The minimum absolute atomic E-state index is 0.632. The molecule has 0 unspecified atom stereocenters. The van der Waals surface area contributed by atoms with Crippen LogP contribution in [0.1, 0.15) is 0 Å². The molecule has 0 bridgehead atoms. The summed E-state index contributed by atoms with van der Waals surface area (Å²) in [5.74, 6) is 0.632. The number of para-hydroxylation sites is 4. The average molecular weight is 562 g/mol. The third-order valence-electron chi connectivity index (χ3n) is 8.87. The molecule has 204 valence electrons. The Hall–Kier alpha value is -6.07. The Morgan fingerprint density at radius 2 is 1.11 bits per heavy atom. The Bertz CT molecular complexity index is 2790. The molecule has 10 aromatic rings. The van der Waals surface area contributed by atoms with Gasteiger partial charge in [0.1, 0.15) is 11.3 Å². The van der Waals surface area contributed by atoms with Crippen LogP contribution in [0.4, 0.5) is 0 Å². The van der Waals surface area contributed by atoms with Gasteiger partial charge in [0.15, 0.2) is 0 Å². The third-order valence-corrected chi connectivity index (χ3v) is 8.87. The molecule has 0 spiro atoms. The van der Waals surface area contributed by atoms with Gasteiger partial charge in [-0.25, -0.2) is 15.0 Å². The van der Waals surface area contributed by atoms with Gasteiger partial charge < -0.3 is 0 Å². The van der Waals surface area contributed by atoms with E-state index in [2.05, 4.69) is 136 Å². The first-order valence-corrected chi connectivity index (χ1v) is 14.8. The van der Waals surface area contributed by atoms with Gasteiger partial charge in [-0.1, -0.05) is 109 Å². The van der Waals surface area contributed by atoms with Crippen molar-refractivity contribution in [3.8, 4) is 17.2 Å². The van der Waals surface area contributed by atoms with E-state index < -0.39 is 0 Å². The van der Waals surface area contributed by atoms with E-state index in [0.29, 0.717) is 5.95 Å². The summed E-state index contributed by atoms with van der Waals surface area (Å²) in [5.41, 5.74) is 7.87. The second-order valence-corrected chi connectivity index (χ2v) is 11.3. The summed E-state index contributed by atoms with van der Waals surface area (Å²) in [5, 5.41) is 8.02. The summed E-state index contributed by atoms with van der Waals surface area (Å²) in [7, 11) is 0. The lowest BCUT2D eigenvalue weighted by atomic mass is 10.0. The van der Waals surface area contributed by atoms with E-state index in [9.17, 15) is 0 Å². The van der Waals surface area contributed by atoms with E-state index >= 15 is 0 Å². The van der Waals surface area contributed by atoms with Gasteiger partial charge in [-0.3, -0.25) is 8.97 Å². The summed E-state index contributed by atoms with van der Waals surface area (Å²) in [6, 6.07) is 48.8. The highest BCUT2D eigenvalue weighted by Crippen LogP contribution is 2.40. The first-order valence-electron chi connectivity index (χ1n) is 14.8. The summed E-state index contributed by atoms with van der Waals surface area (Å²) < 4.78 is 4.52. The molecule has 5 heteroatoms. The fourth-order valence-corrected chi connectivity index (χ4v) is 6.94. The molecule has 0 aliphatic rings. The number of imidazole rings is 1. The van der Waals surface area contributed by atoms with Crippen molar-refractivity contribution in [2.24, 2.45) is 0 Å². The lowest BCUT2D eigenvalue weighted by molar-refractivity contribution is 0.991. The molecule has 0 radical (unpaired) electrons. The summed E-state index contributed by atoms with van der Waals surface area (Å²) in [6.45, 7) is 0. The van der Waals surface area contributed by atoms with E-state index in [-0.39, 0.29) is 0 Å². The minimum Gasteiger partial charge on any atom is -0.277 e. The molecular weight excluding hydrogens is 538 g/mol. The second-order valence-electron chi connectivity index (χ2n) is 11.3. The van der Waals surface area contributed by atoms with Gasteiger partial charge in [-0.05, 0) is 46.5 Å². The van der Waals surface area contributed by atoms with Crippen molar-refractivity contribution in [2.45, 2.75) is 0 Å². The Morgan fingerprint density at radius 3 is 1.98 bits per heavy atom. The normalized spacial score (nSPS) is 12.1. The first kappa shape index (κ1) is 23.5. The van der Waals surface area contributed by atoms with Crippen molar-refractivity contribution in [1.29, 1.82) is 0 Å². The van der Waals surface area contributed by atoms with Crippen molar-refractivity contribution in [3.63, 3.8) is 0 Å². The van der Waals surface area contributed by atoms with E-state index in [0.717, 1.165) is 71.5 Å². The molecular formula is C39H23N5. The van der Waals surface area contributed by atoms with Gasteiger partial charge in [0.2, 0.25) is 5.95 Å². The molecule has 5 nitrogen and oxygen atoms in total. The molecule has 4 aromatic heterocycles. The highest BCUT2D eigenvalue weighted by atomic mass is 15.2. The van der Waals surface area contributed by atoms with Crippen LogP contribution in [0, 0.1) is 0 Å². The molecule has 0 saturated heterocycles. The Balaban J connectivity index is 1.41. The second kappa shape index (κ2) is 8.72. The number of rotatable bonds is 2. The molecule has 6 aromatic carbocycles. The van der Waals surface area contributed by atoms with Crippen molar-refractivity contribution in [1.82, 2.24) is 23.9 Å². The number of nitrogens with zero attached hydrogens (tertiary/aromatic N) is 5. The highest BCUT2D eigenvalue weighted by molar-refractivity contribution is 6.23. The Labute approximate surface area is 251 Å². The zero-order chi connectivity index (χ0) is 28.8. The SMILES string of the molecule is c1ccc2cc(-c3nc(-n4c5ccccc5c5c6ccccc6c6nc7ccccc7n6c54)nc4ccccc34)ccc2c1. The minimum atomic E-state index is 0.632. The number of fused-ring (bicyclic) bond motifs is 12. The van der Waals surface area contributed by atoms with Gasteiger partial charge >= 0.3 is 0 Å². The molecule has 0 fully saturated rings. The fourth-order valence-electron chi connectivity index (χ4n) is 6.94. The van der Waals surface area contributed by atoms with Crippen molar-refractivity contribution < 1.29 is 0 Å². The van der Waals surface area contributed by atoms with Crippen LogP contribution in [0.5, 0.6) is 0 Å². The summed E-state index contributed by atoms with van der Waals surface area (Å²) >= 11 is 0. The van der Waals surface area contributed by atoms with Crippen LogP contribution >= 0.6 is 0 Å². The fraction of sp³-hybridized carbons (Fsp3) is 0. The average Bonchev–Trinajstić information content (AvgIpc) is 3.64. The third kappa shape index (κ3) is 3.15. The molecule has 0 atom stereocenters. The smallest absolute Gasteiger partial charge is 0.236 e. The number of hydrogen-bond donors (Lipinski definition) is 0. The van der Waals surface area contributed by atoms with Gasteiger partial charge in [0, 0.05) is 27.1 Å². The number of pyridine rings is 1. The van der Waals surface area contributed by atoms with Gasteiger partial charge in [-0.2, -0.15) is 0 Å².